The monoisotopic (exact) mass is 191 g/mol. The maximum Gasteiger partial charge on any atom is 0.257 e. The summed E-state index contributed by atoms with van der Waals surface area (Å²) in [5.74, 6) is 1.49. The second-order valence-electron chi connectivity index (χ2n) is 3.51. The number of rotatable bonds is 2. The number of carbonyl (C=O) groups is 1. The molecule has 1 aliphatic heterocycles. The summed E-state index contributed by atoms with van der Waals surface area (Å²) in [6, 6.07) is 0.178. The van der Waals surface area contributed by atoms with Crippen molar-refractivity contribution in [2.24, 2.45) is 0 Å². The second kappa shape index (κ2) is 3.64. The van der Waals surface area contributed by atoms with Crippen LogP contribution in [0.1, 0.15) is 20.3 Å². The van der Waals surface area contributed by atoms with Crippen molar-refractivity contribution in [3.05, 3.63) is 0 Å². The van der Waals surface area contributed by atoms with Crippen molar-refractivity contribution >= 4 is 17.7 Å². The molecule has 0 aromatic rings. The molecule has 1 saturated heterocycles. The van der Waals surface area contributed by atoms with E-state index in [0.717, 1.165) is 17.9 Å². The van der Waals surface area contributed by atoms with Gasteiger partial charge in [0.1, 0.15) is 0 Å². The SMILES string of the molecule is CC(C)(F)C(=O)NC1CCSC1. The number of nitrogens with one attached hydrogen (secondary N) is 1. The minimum absolute atomic E-state index is 0.178. The van der Waals surface area contributed by atoms with Gasteiger partial charge >= 0.3 is 0 Å². The summed E-state index contributed by atoms with van der Waals surface area (Å²) >= 11 is 1.80. The molecule has 0 spiro atoms. The molecule has 1 aliphatic rings. The molecule has 1 rings (SSSR count). The van der Waals surface area contributed by atoms with Crippen LogP contribution in [0.15, 0.2) is 0 Å². The van der Waals surface area contributed by atoms with Crippen LogP contribution in [-0.2, 0) is 4.79 Å². The molecule has 0 radical (unpaired) electrons. The number of alkyl halides is 1. The summed E-state index contributed by atoms with van der Waals surface area (Å²) in [5, 5.41) is 2.68. The summed E-state index contributed by atoms with van der Waals surface area (Å²) in [7, 11) is 0. The molecule has 4 heteroatoms. The highest BCUT2D eigenvalue weighted by Gasteiger charge is 2.29. The average Bonchev–Trinajstić information content (AvgIpc) is 2.37. The number of amides is 1. The fraction of sp³-hybridized carbons (Fsp3) is 0.875. The number of halogens is 1. The van der Waals surface area contributed by atoms with Crippen LogP contribution in [0.5, 0.6) is 0 Å². The van der Waals surface area contributed by atoms with Gasteiger partial charge in [0.25, 0.3) is 5.91 Å². The molecule has 0 saturated carbocycles. The van der Waals surface area contributed by atoms with Crippen molar-refractivity contribution in [2.45, 2.75) is 32.0 Å². The van der Waals surface area contributed by atoms with Gasteiger partial charge in [-0.05, 0) is 26.0 Å². The van der Waals surface area contributed by atoms with E-state index in [2.05, 4.69) is 5.32 Å². The lowest BCUT2D eigenvalue weighted by Crippen LogP contribution is -2.44. The van der Waals surface area contributed by atoms with E-state index in [-0.39, 0.29) is 6.04 Å². The third-order valence-electron chi connectivity index (χ3n) is 1.80. The van der Waals surface area contributed by atoms with E-state index in [0.29, 0.717) is 0 Å². The van der Waals surface area contributed by atoms with E-state index < -0.39 is 11.6 Å². The smallest absolute Gasteiger partial charge is 0.257 e. The Labute approximate surface area is 76.3 Å². The lowest BCUT2D eigenvalue weighted by atomic mass is 10.1. The normalized spacial score (nSPS) is 24.1. The largest absolute Gasteiger partial charge is 0.350 e. The summed E-state index contributed by atoms with van der Waals surface area (Å²) in [5.41, 5.74) is -1.74. The maximum atomic E-state index is 13.0. The lowest BCUT2D eigenvalue weighted by Gasteiger charge is -2.17. The zero-order valence-electron chi connectivity index (χ0n) is 7.39. The molecule has 2 nitrogen and oxygen atoms in total. The minimum atomic E-state index is -1.74. The van der Waals surface area contributed by atoms with Gasteiger partial charge in [-0.1, -0.05) is 0 Å². The summed E-state index contributed by atoms with van der Waals surface area (Å²) in [4.78, 5) is 11.1. The molecule has 1 heterocycles. The Balaban J connectivity index is 2.35. The van der Waals surface area contributed by atoms with Crippen molar-refractivity contribution in [2.75, 3.05) is 11.5 Å². The van der Waals surface area contributed by atoms with E-state index in [4.69, 9.17) is 0 Å². The third-order valence-corrected chi connectivity index (χ3v) is 2.97. The van der Waals surface area contributed by atoms with Gasteiger partial charge in [0.2, 0.25) is 0 Å². The Hall–Kier alpha value is -0.250. The van der Waals surface area contributed by atoms with E-state index in [1.165, 1.54) is 13.8 Å². The molecule has 0 aromatic heterocycles. The highest BCUT2D eigenvalue weighted by molar-refractivity contribution is 7.99. The van der Waals surface area contributed by atoms with Crippen LogP contribution in [0.3, 0.4) is 0 Å². The second-order valence-corrected chi connectivity index (χ2v) is 4.66. The summed E-state index contributed by atoms with van der Waals surface area (Å²) in [6.45, 7) is 2.56. The Bertz CT molecular complexity index is 172. The minimum Gasteiger partial charge on any atom is -0.350 e. The predicted molar refractivity (Wildman–Crippen MR) is 49.1 cm³/mol. The van der Waals surface area contributed by atoms with Crippen molar-refractivity contribution in [1.82, 2.24) is 5.32 Å². The van der Waals surface area contributed by atoms with Crippen molar-refractivity contribution in [1.29, 1.82) is 0 Å². The quantitative estimate of drug-likeness (QED) is 0.714. The number of carbonyl (C=O) groups excluding carboxylic acids is 1. The van der Waals surface area contributed by atoms with E-state index in [1.807, 2.05) is 0 Å². The van der Waals surface area contributed by atoms with E-state index >= 15 is 0 Å². The first-order valence-corrected chi connectivity index (χ1v) is 5.23. The van der Waals surface area contributed by atoms with Gasteiger partial charge in [0.15, 0.2) is 5.67 Å². The Morgan fingerprint density at radius 2 is 2.33 bits per heavy atom. The topological polar surface area (TPSA) is 29.1 Å². The molecule has 12 heavy (non-hydrogen) atoms. The van der Waals surface area contributed by atoms with Gasteiger partial charge in [0, 0.05) is 11.8 Å². The first-order chi connectivity index (χ1) is 5.50. The standard InChI is InChI=1S/C8H14FNOS/c1-8(2,9)7(11)10-6-3-4-12-5-6/h6H,3-5H2,1-2H3,(H,10,11). The predicted octanol–water partition coefficient (Wildman–Crippen LogP) is 1.36. The van der Waals surface area contributed by atoms with Gasteiger partial charge in [0.05, 0.1) is 0 Å². The molecule has 0 aromatic carbocycles. The van der Waals surface area contributed by atoms with Crippen LogP contribution < -0.4 is 5.32 Å². The molecule has 0 aliphatic carbocycles. The van der Waals surface area contributed by atoms with Gasteiger partial charge in [-0.2, -0.15) is 11.8 Å². The number of thioether (sulfide) groups is 1. The lowest BCUT2D eigenvalue weighted by molar-refractivity contribution is -0.131. The first-order valence-electron chi connectivity index (χ1n) is 4.08. The molecule has 70 valence electrons. The molecule has 0 bridgehead atoms. The molecule has 1 unspecified atom stereocenters. The Morgan fingerprint density at radius 1 is 1.67 bits per heavy atom. The highest BCUT2D eigenvalue weighted by atomic mass is 32.2. The van der Waals surface area contributed by atoms with E-state index in [9.17, 15) is 9.18 Å². The van der Waals surface area contributed by atoms with Crippen LogP contribution >= 0.6 is 11.8 Å². The summed E-state index contributed by atoms with van der Waals surface area (Å²) < 4.78 is 13.0. The van der Waals surface area contributed by atoms with E-state index in [1.54, 1.807) is 11.8 Å². The van der Waals surface area contributed by atoms with Crippen LogP contribution in [0.4, 0.5) is 4.39 Å². The van der Waals surface area contributed by atoms with Gasteiger partial charge in [-0.25, -0.2) is 4.39 Å². The van der Waals surface area contributed by atoms with Crippen molar-refractivity contribution in [3.63, 3.8) is 0 Å². The Kier molecular flexibility index (Phi) is 2.99. The molecular formula is C8H14FNOS. The molecule has 1 N–H and O–H groups in total. The molecule has 1 atom stereocenters. The van der Waals surface area contributed by atoms with Crippen LogP contribution in [0.2, 0.25) is 0 Å². The zero-order chi connectivity index (χ0) is 9.19. The molecular weight excluding hydrogens is 177 g/mol. The summed E-state index contributed by atoms with van der Waals surface area (Å²) in [6.07, 6.45) is 0.965. The molecule has 1 amide bonds. The zero-order valence-corrected chi connectivity index (χ0v) is 8.21. The van der Waals surface area contributed by atoms with Crippen molar-refractivity contribution < 1.29 is 9.18 Å². The van der Waals surface area contributed by atoms with Gasteiger partial charge < -0.3 is 5.32 Å². The van der Waals surface area contributed by atoms with Crippen molar-refractivity contribution in [3.8, 4) is 0 Å². The molecule has 1 fully saturated rings. The fourth-order valence-electron chi connectivity index (χ4n) is 1.01. The van der Waals surface area contributed by atoms with Gasteiger partial charge in [-0.15, -0.1) is 0 Å². The maximum absolute atomic E-state index is 13.0. The first kappa shape index (κ1) is 9.84. The number of hydrogen-bond acceptors (Lipinski definition) is 2. The van der Waals surface area contributed by atoms with Crippen LogP contribution in [0, 0.1) is 0 Å². The third kappa shape index (κ3) is 2.66. The van der Waals surface area contributed by atoms with Crippen LogP contribution in [-0.4, -0.2) is 29.1 Å². The average molecular weight is 191 g/mol. The number of hydrogen-bond donors (Lipinski definition) is 1. The Morgan fingerprint density at radius 3 is 2.75 bits per heavy atom. The van der Waals surface area contributed by atoms with Gasteiger partial charge in [-0.3, -0.25) is 4.79 Å². The van der Waals surface area contributed by atoms with Crippen LogP contribution in [0.25, 0.3) is 0 Å². The fourth-order valence-corrected chi connectivity index (χ4v) is 2.16. The highest BCUT2D eigenvalue weighted by Crippen LogP contribution is 2.18.